The van der Waals surface area contributed by atoms with Gasteiger partial charge in [-0.25, -0.2) is 4.98 Å². The van der Waals surface area contributed by atoms with Crippen molar-refractivity contribution in [3.05, 3.63) is 27.2 Å². The van der Waals surface area contributed by atoms with Crippen molar-refractivity contribution in [2.45, 2.75) is 6.92 Å². The van der Waals surface area contributed by atoms with Crippen molar-refractivity contribution in [1.82, 2.24) is 4.98 Å². The number of hydrogen-bond acceptors (Lipinski definition) is 3. The predicted octanol–water partition coefficient (Wildman–Crippen LogP) is 3.24. The summed E-state index contributed by atoms with van der Waals surface area (Å²) in [6, 6.07) is 4.13. The van der Waals surface area contributed by atoms with Crippen LogP contribution in [0.2, 0.25) is 0 Å². The summed E-state index contributed by atoms with van der Waals surface area (Å²) in [5, 5.41) is 9.85. The third-order valence-electron chi connectivity index (χ3n) is 1.92. The highest BCUT2D eigenvalue weighted by Gasteiger charge is 2.06. The molecule has 0 bridgehead atoms. The summed E-state index contributed by atoms with van der Waals surface area (Å²) in [6.45, 7) is 1.95. The molecule has 0 radical (unpaired) electrons. The molecule has 0 aliphatic rings. The van der Waals surface area contributed by atoms with Crippen LogP contribution in [0.15, 0.2) is 16.0 Å². The van der Waals surface area contributed by atoms with Crippen LogP contribution < -0.4 is 0 Å². The number of aryl methyl sites for hydroxylation is 1. The Morgan fingerprint density at radius 2 is 2.38 bits per heavy atom. The minimum absolute atomic E-state index is 0.651. The van der Waals surface area contributed by atoms with Gasteiger partial charge in [-0.05, 0) is 34.5 Å². The Kier molecular flexibility index (Phi) is 2.06. The Labute approximate surface area is 88.0 Å². The normalized spacial score (nSPS) is 10.2. The summed E-state index contributed by atoms with van der Waals surface area (Å²) in [5.41, 5.74) is 1.66. The molecule has 0 N–H and O–H groups in total. The van der Waals surface area contributed by atoms with Crippen LogP contribution in [0.5, 0.6) is 0 Å². The summed E-state index contributed by atoms with van der Waals surface area (Å²) in [6.07, 6.45) is 1.63. The van der Waals surface area contributed by atoms with Gasteiger partial charge in [0.1, 0.15) is 10.9 Å². The molecule has 0 fully saturated rings. The van der Waals surface area contributed by atoms with Gasteiger partial charge in [0, 0.05) is 11.6 Å². The molecule has 0 saturated heterocycles. The van der Waals surface area contributed by atoms with E-state index in [0.29, 0.717) is 5.56 Å². The van der Waals surface area contributed by atoms with Gasteiger partial charge >= 0.3 is 0 Å². The van der Waals surface area contributed by atoms with Crippen molar-refractivity contribution >= 4 is 37.5 Å². The van der Waals surface area contributed by atoms with Crippen molar-refractivity contribution < 1.29 is 0 Å². The van der Waals surface area contributed by atoms with Gasteiger partial charge in [-0.3, -0.25) is 0 Å². The maximum absolute atomic E-state index is 8.79. The number of thiophene rings is 1. The first kappa shape index (κ1) is 8.67. The molecule has 0 amide bonds. The highest BCUT2D eigenvalue weighted by Crippen LogP contribution is 2.30. The van der Waals surface area contributed by atoms with Gasteiger partial charge in [0.05, 0.1) is 9.35 Å². The number of aromatic nitrogens is 1. The summed E-state index contributed by atoms with van der Waals surface area (Å²) < 4.78 is 1.05. The standard InChI is InChI=1S/C9H5BrN2S/c1-5-6(3-11)4-12-9-7(5)2-8(10)13-9/h2,4H,1H3. The van der Waals surface area contributed by atoms with Crippen LogP contribution in [0.25, 0.3) is 10.2 Å². The van der Waals surface area contributed by atoms with E-state index in [0.717, 1.165) is 19.6 Å². The van der Waals surface area contributed by atoms with Crippen LogP contribution in [0, 0.1) is 18.3 Å². The Hall–Kier alpha value is -0.920. The number of pyridine rings is 1. The lowest BCUT2D eigenvalue weighted by molar-refractivity contribution is 1.34. The van der Waals surface area contributed by atoms with Gasteiger partial charge in [0.2, 0.25) is 0 Å². The Morgan fingerprint density at radius 1 is 1.62 bits per heavy atom. The summed E-state index contributed by atoms with van der Waals surface area (Å²) in [4.78, 5) is 5.18. The first-order valence-corrected chi connectivity index (χ1v) is 5.28. The molecule has 0 aliphatic carbocycles. The van der Waals surface area contributed by atoms with E-state index in [2.05, 4.69) is 27.0 Å². The lowest BCUT2D eigenvalue weighted by Gasteiger charge is -1.96. The van der Waals surface area contributed by atoms with Crippen molar-refractivity contribution in [1.29, 1.82) is 5.26 Å². The Morgan fingerprint density at radius 3 is 3.08 bits per heavy atom. The molecule has 0 aliphatic heterocycles. The number of fused-ring (bicyclic) bond motifs is 1. The van der Waals surface area contributed by atoms with Crippen LogP contribution in [-0.4, -0.2) is 4.98 Å². The second-order valence-electron chi connectivity index (χ2n) is 2.68. The average molecular weight is 253 g/mol. The van der Waals surface area contributed by atoms with Gasteiger partial charge in [0.25, 0.3) is 0 Å². The first-order valence-electron chi connectivity index (χ1n) is 3.67. The van der Waals surface area contributed by atoms with Crippen molar-refractivity contribution in [3.8, 4) is 6.07 Å². The molecule has 2 aromatic heterocycles. The number of nitrogens with zero attached hydrogens (tertiary/aromatic N) is 2. The maximum Gasteiger partial charge on any atom is 0.124 e. The fourth-order valence-corrected chi connectivity index (χ4v) is 2.67. The fourth-order valence-electron chi connectivity index (χ4n) is 1.19. The smallest absolute Gasteiger partial charge is 0.124 e. The largest absolute Gasteiger partial charge is 0.244 e. The zero-order valence-electron chi connectivity index (χ0n) is 6.84. The Bertz CT molecular complexity index is 510. The third-order valence-corrected chi connectivity index (χ3v) is 3.47. The van der Waals surface area contributed by atoms with E-state index in [4.69, 9.17) is 5.26 Å². The molecule has 2 heterocycles. The highest BCUT2D eigenvalue weighted by atomic mass is 79.9. The molecule has 0 unspecified atom stereocenters. The van der Waals surface area contributed by atoms with E-state index in [9.17, 15) is 0 Å². The number of halogens is 1. The van der Waals surface area contributed by atoms with Crippen molar-refractivity contribution in [2.24, 2.45) is 0 Å². The fraction of sp³-hybridized carbons (Fsp3) is 0.111. The van der Waals surface area contributed by atoms with E-state index < -0.39 is 0 Å². The highest BCUT2D eigenvalue weighted by molar-refractivity contribution is 9.11. The van der Waals surface area contributed by atoms with Gasteiger partial charge < -0.3 is 0 Å². The van der Waals surface area contributed by atoms with E-state index in [-0.39, 0.29) is 0 Å². The lowest BCUT2D eigenvalue weighted by atomic mass is 10.1. The maximum atomic E-state index is 8.79. The van der Waals surface area contributed by atoms with E-state index in [1.54, 1.807) is 17.5 Å². The predicted molar refractivity (Wildman–Crippen MR) is 56.8 cm³/mol. The summed E-state index contributed by atoms with van der Waals surface area (Å²) in [5.74, 6) is 0. The molecule has 64 valence electrons. The first-order chi connectivity index (χ1) is 6.22. The zero-order chi connectivity index (χ0) is 9.42. The van der Waals surface area contributed by atoms with Crippen LogP contribution in [-0.2, 0) is 0 Å². The Balaban J connectivity index is 2.87. The van der Waals surface area contributed by atoms with Crippen LogP contribution in [0.1, 0.15) is 11.1 Å². The minimum Gasteiger partial charge on any atom is -0.244 e. The quantitative estimate of drug-likeness (QED) is 0.722. The molecule has 0 spiro atoms. The zero-order valence-corrected chi connectivity index (χ0v) is 9.24. The van der Waals surface area contributed by atoms with Gasteiger partial charge in [-0.1, -0.05) is 0 Å². The van der Waals surface area contributed by atoms with Crippen molar-refractivity contribution in [2.75, 3.05) is 0 Å². The minimum atomic E-state index is 0.651. The molecular weight excluding hydrogens is 248 g/mol. The monoisotopic (exact) mass is 252 g/mol. The molecule has 2 nitrogen and oxygen atoms in total. The topological polar surface area (TPSA) is 36.7 Å². The summed E-state index contributed by atoms with van der Waals surface area (Å²) >= 11 is 4.98. The van der Waals surface area contributed by atoms with Crippen LogP contribution in [0.4, 0.5) is 0 Å². The number of rotatable bonds is 0. The number of hydrogen-bond donors (Lipinski definition) is 0. The average Bonchev–Trinajstić information content (AvgIpc) is 2.47. The van der Waals surface area contributed by atoms with E-state index >= 15 is 0 Å². The second kappa shape index (κ2) is 3.09. The SMILES string of the molecule is Cc1c(C#N)cnc2sc(Br)cc12. The van der Waals surface area contributed by atoms with Crippen LogP contribution >= 0.6 is 27.3 Å². The molecule has 4 heteroatoms. The second-order valence-corrected chi connectivity index (χ2v) is 5.09. The summed E-state index contributed by atoms with van der Waals surface area (Å²) in [7, 11) is 0. The van der Waals surface area contributed by atoms with Gasteiger partial charge in [-0.15, -0.1) is 11.3 Å². The molecule has 0 atom stereocenters. The molecule has 2 rings (SSSR count). The van der Waals surface area contributed by atoms with Gasteiger partial charge in [0.15, 0.2) is 0 Å². The van der Waals surface area contributed by atoms with Crippen molar-refractivity contribution in [3.63, 3.8) is 0 Å². The molecular formula is C9H5BrN2S. The molecule has 0 aromatic carbocycles. The van der Waals surface area contributed by atoms with E-state index in [1.165, 1.54) is 0 Å². The number of nitriles is 1. The van der Waals surface area contributed by atoms with E-state index in [1.807, 2.05) is 13.0 Å². The molecule has 0 saturated carbocycles. The molecule has 13 heavy (non-hydrogen) atoms. The third kappa shape index (κ3) is 1.34. The lowest BCUT2D eigenvalue weighted by Crippen LogP contribution is -1.84. The van der Waals surface area contributed by atoms with Crippen LogP contribution in [0.3, 0.4) is 0 Å². The molecule has 2 aromatic rings. The van der Waals surface area contributed by atoms with Gasteiger partial charge in [-0.2, -0.15) is 5.26 Å².